The highest BCUT2D eigenvalue weighted by Crippen LogP contribution is 2.38. The summed E-state index contributed by atoms with van der Waals surface area (Å²) < 4.78 is 15.7. The van der Waals surface area contributed by atoms with E-state index >= 15 is 0 Å². The van der Waals surface area contributed by atoms with Crippen molar-refractivity contribution < 1.29 is 19.0 Å². The van der Waals surface area contributed by atoms with E-state index in [-0.39, 0.29) is 31.0 Å². The van der Waals surface area contributed by atoms with Crippen molar-refractivity contribution >= 4 is 18.3 Å². The molecule has 0 bridgehead atoms. The van der Waals surface area contributed by atoms with Gasteiger partial charge in [0.15, 0.2) is 0 Å². The number of likely N-dealkylation sites (tertiary alicyclic amines) is 1. The van der Waals surface area contributed by atoms with Crippen LogP contribution in [0.2, 0.25) is 0 Å². The average molecular weight is 345 g/mol. The Hall–Kier alpha value is -1.50. The van der Waals surface area contributed by atoms with Crippen molar-refractivity contribution in [2.24, 2.45) is 5.73 Å². The molecule has 1 fully saturated rings. The fourth-order valence-corrected chi connectivity index (χ4v) is 2.91. The highest BCUT2D eigenvalue weighted by molar-refractivity contribution is 5.85. The number of carbonyl (C=O) groups excluding carboxylic acids is 1. The van der Waals surface area contributed by atoms with Crippen molar-refractivity contribution in [3.8, 4) is 11.5 Å². The lowest BCUT2D eigenvalue weighted by Gasteiger charge is -2.28. The standard InChI is InChI=1S/C16H24N2O4.ClH/c1-20-10-13(17)16(19)18-8-4-5-14(18)12-7-6-11(21-2)9-15(12)22-3;/h6-7,9,13-14H,4-5,8,10,17H2,1-3H3;1H. The van der Waals surface area contributed by atoms with E-state index in [1.807, 2.05) is 23.1 Å². The number of carbonyl (C=O) groups is 1. The summed E-state index contributed by atoms with van der Waals surface area (Å²) in [6, 6.07) is 5.03. The molecule has 1 heterocycles. The molecule has 0 aromatic heterocycles. The van der Waals surface area contributed by atoms with Crippen LogP contribution < -0.4 is 15.2 Å². The minimum absolute atomic E-state index is 0. The summed E-state index contributed by atoms with van der Waals surface area (Å²) in [5.41, 5.74) is 6.88. The molecule has 1 saturated heterocycles. The van der Waals surface area contributed by atoms with E-state index in [9.17, 15) is 4.79 Å². The van der Waals surface area contributed by atoms with Crippen molar-refractivity contribution in [1.29, 1.82) is 0 Å². The quantitative estimate of drug-likeness (QED) is 0.851. The zero-order valence-corrected chi connectivity index (χ0v) is 14.6. The van der Waals surface area contributed by atoms with Gasteiger partial charge in [0, 0.05) is 25.3 Å². The Balaban J connectivity index is 0.00000264. The van der Waals surface area contributed by atoms with Crippen LogP contribution in [0.25, 0.3) is 0 Å². The molecule has 1 aromatic carbocycles. The minimum Gasteiger partial charge on any atom is -0.497 e. The number of rotatable bonds is 6. The van der Waals surface area contributed by atoms with E-state index in [1.54, 1.807) is 21.3 Å². The van der Waals surface area contributed by atoms with Crippen LogP contribution in [-0.4, -0.2) is 51.3 Å². The lowest BCUT2D eigenvalue weighted by Crippen LogP contribution is -2.45. The first-order valence-corrected chi connectivity index (χ1v) is 7.39. The molecular formula is C16H25ClN2O4. The molecule has 0 spiro atoms. The monoisotopic (exact) mass is 344 g/mol. The van der Waals surface area contributed by atoms with Gasteiger partial charge in [0.25, 0.3) is 0 Å². The predicted molar refractivity (Wildman–Crippen MR) is 90.3 cm³/mol. The van der Waals surface area contributed by atoms with Crippen molar-refractivity contribution in [2.75, 3.05) is 34.5 Å². The highest BCUT2D eigenvalue weighted by atomic mass is 35.5. The fraction of sp³-hybridized carbons (Fsp3) is 0.562. The maximum absolute atomic E-state index is 12.5. The largest absolute Gasteiger partial charge is 0.497 e. The molecule has 6 nitrogen and oxygen atoms in total. The number of hydrogen-bond acceptors (Lipinski definition) is 5. The van der Waals surface area contributed by atoms with Crippen LogP contribution in [0.3, 0.4) is 0 Å². The van der Waals surface area contributed by atoms with E-state index in [2.05, 4.69) is 0 Å². The molecule has 2 N–H and O–H groups in total. The third-order valence-electron chi connectivity index (χ3n) is 4.00. The number of hydrogen-bond donors (Lipinski definition) is 1. The summed E-state index contributed by atoms with van der Waals surface area (Å²) in [5, 5.41) is 0. The van der Waals surface area contributed by atoms with E-state index < -0.39 is 6.04 Å². The Morgan fingerprint density at radius 2 is 2.09 bits per heavy atom. The molecule has 0 radical (unpaired) electrons. The number of halogens is 1. The van der Waals surface area contributed by atoms with Crippen LogP contribution in [0.5, 0.6) is 11.5 Å². The molecule has 1 amide bonds. The Morgan fingerprint density at radius 3 is 2.70 bits per heavy atom. The SMILES string of the molecule is COCC(N)C(=O)N1CCCC1c1ccc(OC)cc1OC.Cl. The lowest BCUT2D eigenvalue weighted by molar-refractivity contribution is -0.134. The van der Waals surface area contributed by atoms with Gasteiger partial charge in [0.05, 0.1) is 26.9 Å². The first kappa shape index (κ1) is 19.5. The number of nitrogens with two attached hydrogens (primary N) is 1. The summed E-state index contributed by atoms with van der Waals surface area (Å²) in [5.74, 6) is 1.37. The minimum atomic E-state index is -0.630. The third-order valence-corrected chi connectivity index (χ3v) is 4.00. The van der Waals surface area contributed by atoms with Gasteiger partial charge in [-0.05, 0) is 25.0 Å². The molecule has 2 unspecified atom stereocenters. The van der Waals surface area contributed by atoms with Crippen LogP contribution in [0.1, 0.15) is 24.4 Å². The number of ether oxygens (including phenoxy) is 3. The molecule has 0 saturated carbocycles. The molecule has 1 aliphatic rings. The second kappa shape index (κ2) is 8.96. The zero-order valence-electron chi connectivity index (χ0n) is 13.8. The zero-order chi connectivity index (χ0) is 16.1. The molecule has 23 heavy (non-hydrogen) atoms. The molecule has 2 atom stereocenters. The van der Waals surface area contributed by atoms with Crippen LogP contribution >= 0.6 is 12.4 Å². The Morgan fingerprint density at radius 1 is 1.35 bits per heavy atom. The number of nitrogens with zero attached hydrogens (tertiary/aromatic N) is 1. The van der Waals surface area contributed by atoms with Gasteiger partial charge in [-0.2, -0.15) is 0 Å². The van der Waals surface area contributed by atoms with Crippen molar-refractivity contribution in [3.63, 3.8) is 0 Å². The Bertz CT molecular complexity index is 527. The topological polar surface area (TPSA) is 74.0 Å². The van der Waals surface area contributed by atoms with Crippen molar-refractivity contribution in [3.05, 3.63) is 23.8 Å². The summed E-state index contributed by atoms with van der Waals surface area (Å²) in [6.45, 7) is 0.928. The van der Waals surface area contributed by atoms with Gasteiger partial charge in [-0.1, -0.05) is 0 Å². The molecular weight excluding hydrogens is 320 g/mol. The van der Waals surface area contributed by atoms with E-state index in [0.717, 1.165) is 29.9 Å². The number of methoxy groups -OCH3 is 3. The van der Waals surface area contributed by atoms with Gasteiger partial charge >= 0.3 is 0 Å². The maximum Gasteiger partial charge on any atom is 0.242 e. The first-order valence-electron chi connectivity index (χ1n) is 7.39. The second-order valence-corrected chi connectivity index (χ2v) is 5.36. The van der Waals surface area contributed by atoms with Crippen LogP contribution in [0.15, 0.2) is 18.2 Å². The summed E-state index contributed by atoms with van der Waals surface area (Å²) in [7, 11) is 4.78. The number of amides is 1. The molecule has 7 heteroatoms. The average Bonchev–Trinajstić information content (AvgIpc) is 3.02. The smallest absolute Gasteiger partial charge is 0.242 e. The Kier molecular flexibility index (Phi) is 7.61. The third kappa shape index (κ3) is 4.28. The summed E-state index contributed by atoms with van der Waals surface area (Å²) >= 11 is 0. The second-order valence-electron chi connectivity index (χ2n) is 5.36. The normalized spacial score (nSPS) is 18.3. The maximum atomic E-state index is 12.5. The number of benzene rings is 1. The van der Waals surface area contributed by atoms with Crippen LogP contribution in [-0.2, 0) is 9.53 Å². The van der Waals surface area contributed by atoms with Crippen LogP contribution in [0, 0.1) is 0 Å². The predicted octanol–water partition coefficient (Wildman–Crippen LogP) is 1.76. The molecule has 1 aromatic rings. The van der Waals surface area contributed by atoms with Gasteiger partial charge in [-0.3, -0.25) is 4.79 Å². The van der Waals surface area contributed by atoms with Crippen molar-refractivity contribution in [2.45, 2.75) is 24.9 Å². The first-order chi connectivity index (χ1) is 10.6. The van der Waals surface area contributed by atoms with E-state index in [0.29, 0.717) is 6.54 Å². The Labute approximate surface area is 143 Å². The molecule has 2 rings (SSSR count). The molecule has 1 aliphatic heterocycles. The summed E-state index contributed by atoms with van der Waals surface area (Å²) in [4.78, 5) is 14.3. The van der Waals surface area contributed by atoms with Gasteiger partial charge in [-0.25, -0.2) is 0 Å². The van der Waals surface area contributed by atoms with Crippen molar-refractivity contribution in [1.82, 2.24) is 4.90 Å². The molecule has 0 aliphatic carbocycles. The van der Waals surface area contributed by atoms with Gasteiger partial charge in [0.2, 0.25) is 5.91 Å². The van der Waals surface area contributed by atoms with E-state index in [4.69, 9.17) is 19.9 Å². The highest BCUT2D eigenvalue weighted by Gasteiger charge is 2.34. The summed E-state index contributed by atoms with van der Waals surface area (Å²) in [6.07, 6.45) is 1.85. The fourth-order valence-electron chi connectivity index (χ4n) is 2.91. The van der Waals surface area contributed by atoms with Gasteiger partial charge < -0.3 is 24.8 Å². The van der Waals surface area contributed by atoms with Gasteiger partial charge in [0.1, 0.15) is 17.5 Å². The van der Waals surface area contributed by atoms with Gasteiger partial charge in [-0.15, -0.1) is 12.4 Å². The van der Waals surface area contributed by atoms with E-state index in [1.165, 1.54) is 0 Å². The molecule has 130 valence electrons. The van der Waals surface area contributed by atoms with Crippen LogP contribution in [0.4, 0.5) is 0 Å². The lowest BCUT2D eigenvalue weighted by atomic mass is 10.0.